The minimum atomic E-state index is 0.301. The molecule has 1 aromatic carbocycles. The minimum absolute atomic E-state index is 0.301. The van der Waals surface area contributed by atoms with Gasteiger partial charge in [0, 0.05) is 12.0 Å². The van der Waals surface area contributed by atoms with Crippen LogP contribution in [0.2, 0.25) is 0 Å². The van der Waals surface area contributed by atoms with Gasteiger partial charge >= 0.3 is 0 Å². The monoisotopic (exact) mass is 261 g/mol. The molecule has 0 aliphatic heterocycles. The lowest BCUT2D eigenvalue weighted by atomic mass is 9.48. The second-order valence-corrected chi connectivity index (χ2v) is 6.10. The van der Waals surface area contributed by atoms with Crippen LogP contribution in [0.4, 0.5) is 0 Å². The molecule has 1 fully saturated rings. The van der Waals surface area contributed by atoms with Gasteiger partial charge in [-0.15, -0.1) is 0 Å². The fourth-order valence-electron chi connectivity index (χ4n) is 3.86. The molecule has 0 unspecified atom stereocenters. The van der Waals surface area contributed by atoms with Gasteiger partial charge in [-0.05, 0) is 43.0 Å². The second-order valence-electron chi connectivity index (χ2n) is 6.10. The molecule has 0 amide bonds. The number of likely N-dealkylation sites (N-methyl/N-ethyl adjacent to an activating group) is 1. The van der Waals surface area contributed by atoms with Gasteiger partial charge in [-0.25, -0.2) is 0 Å². The summed E-state index contributed by atoms with van der Waals surface area (Å²) in [5, 5.41) is 3.39. The Morgan fingerprint density at radius 2 is 1.89 bits per heavy atom. The van der Waals surface area contributed by atoms with Crippen LogP contribution in [0, 0.1) is 5.41 Å². The Balaban J connectivity index is 2.26. The maximum absolute atomic E-state index is 5.38. The van der Waals surface area contributed by atoms with Crippen molar-refractivity contribution in [3.05, 3.63) is 29.8 Å². The van der Waals surface area contributed by atoms with Crippen LogP contribution in [0.3, 0.4) is 0 Å². The van der Waals surface area contributed by atoms with Crippen LogP contribution < -0.4 is 10.1 Å². The molecule has 0 aromatic heterocycles. The molecule has 0 bridgehead atoms. The van der Waals surface area contributed by atoms with E-state index in [0.717, 1.165) is 12.3 Å². The van der Waals surface area contributed by atoms with E-state index >= 15 is 0 Å². The maximum Gasteiger partial charge on any atom is 0.119 e. The lowest BCUT2D eigenvalue weighted by Gasteiger charge is -2.57. The van der Waals surface area contributed by atoms with Crippen molar-refractivity contribution in [3.8, 4) is 5.75 Å². The highest BCUT2D eigenvalue weighted by Gasteiger charge is 2.52. The van der Waals surface area contributed by atoms with Crippen molar-refractivity contribution in [1.29, 1.82) is 0 Å². The molecule has 0 atom stereocenters. The number of rotatable bonds is 6. The van der Waals surface area contributed by atoms with E-state index < -0.39 is 0 Å². The van der Waals surface area contributed by atoms with Crippen molar-refractivity contribution in [3.63, 3.8) is 0 Å². The van der Waals surface area contributed by atoms with Crippen LogP contribution in [-0.4, -0.2) is 20.7 Å². The zero-order chi connectivity index (χ0) is 13.9. The van der Waals surface area contributed by atoms with Crippen molar-refractivity contribution in [2.75, 3.05) is 20.7 Å². The number of hydrogen-bond acceptors (Lipinski definition) is 2. The summed E-state index contributed by atoms with van der Waals surface area (Å²) in [4.78, 5) is 0. The van der Waals surface area contributed by atoms with Crippen LogP contribution >= 0.6 is 0 Å². The Kier molecular flexibility index (Phi) is 4.19. The van der Waals surface area contributed by atoms with Gasteiger partial charge in [0.1, 0.15) is 5.75 Å². The predicted molar refractivity (Wildman–Crippen MR) is 80.8 cm³/mol. The number of ether oxygens (including phenoxy) is 1. The molecule has 1 N–H and O–H groups in total. The van der Waals surface area contributed by atoms with E-state index in [1.165, 1.54) is 31.2 Å². The van der Waals surface area contributed by atoms with Gasteiger partial charge in [-0.3, -0.25) is 0 Å². The van der Waals surface area contributed by atoms with E-state index in [1.54, 1.807) is 7.11 Å². The fourth-order valence-corrected chi connectivity index (χ4v) is 3.86. The Hall–Kier alpha value is -1.02. The zero-order valence-electron chi connectivity index (χ0n) is 12.8. The van der Waals surface area contributed by atoms with Crippen molar-refractivity contribution >= 4 is 0 Å². The van der Waals surface area contributed by atoms with Gasteiger partial charge in [0.25, 0.3) is 0 Å². The quantitative estimate of drug-likeness (QED) is 0.842. The predicted octanol–water partition coefficient (Wildman–Crippen LogP) is 3.75. The first-order valence-electron chi connectivity index (χ1n) is 7.43. The number of methoxy groups -OCH3 is 1. The average Bonchev–Trinajstić information content (AvgIpc) is 2.42. The summed E-state index contributed by atoms with van der Waals surface area (Å²) in [6.45, 7) is 5.72. The Bertz CT molecular complexity index is 415. The molecule has 1 aromatic rings. The molecule has 2 rings (SSSR count). The van der Waals surface area contributed by atoms with Gasteiger partial charge in [0.15, 0.2) is 0 Å². The SMILES string of the molecule is CCC1(CC)CC(CNC)(c2cccc(OC)c2)C1. The normalized spacial score (nSPS) is 19.8. The summed E-state index contributed by atoms with van der Waals surface area (Å²) < 4.78 is 5.38. The summed E-state index contributed by atoms with van der Waals surface area (Å²) in [5.74, 6) is 0.971. The molecule has 19 heavy (non-hydrogen) atoms. The summed E-state index contributed by atoms with van der Waals surface area (Å²) in [7, 11) is 3.80. The smallest absolute Gasteiger partial charge is 0.119 e. The largest absolute Gasteiger partial charge is 0.497 e. The topological polar surface area (TPSA) is 21.3 Å². The van der Waals surface area contributed by atoms with Crippen LogP contribution in [0.1, 0.15) is 45.1 Å². The van der Waals surface area contributed by atoms with Gasteiger partial charge in [0.05, 0.1) is 7.11 Å². The van der Waals surface area contributed by atoms with Crippen LogP contribution in [0.25, 0.3) is 0 Å². The van der Waals surface area contributed by atoms with E-state index in [4.69, 9.17) is 4.74 Å². The van der Waals surface area contributed by atoms with Crippen molar-refractivity contribution in [1.82, 2.24) is 5.32 Å². The summed E-state index contributed by atoms with van der Waals surface area (Å²) in [5.41, 5.74) is 2.29. The molecule has 1 saturated carbocycles. The average molecular weight is 261 g/mol. The maximum atomic E-state index is 5.38. The molecule has 0 saturated heterocycles. The summed E-state index contributed by atoms with van der Waals surface area (Å²) in [6.07, 6.45) is 5.17. The van der Waals surface area contributed by atoms with Crippen molar-refractivity contribution in [2.45, 2.75) is 44.9 Å². The first-order valence-corrected chi connectivity index (χ1v) is 7.43. The number of benzene rings is 1. The fraction of sp³-hybridized carbons (Fsp3) is 0.647. The van der Waals surface area contributed by atoms with Gasteiger partial charge in [-0.1, -0.05) is 38.8 Å². The molecule has 0 radical (unpaired) electrons. The third-order valence-electron chi connectivity index (χ3n) is 5.12. The van der Waals surface area contributed by atoms with Gasteiger partial charge in [0.2, 0.25) is 0 Å². The number of nitrogens with one attached hydrogen (secondary N) is 1. The van der Waals surface area contributed by atoms with Crippen LogP contribution in [0.5, 0.6) is 5.75 Å². The Labute approximate surface area is 117 Å². The second kappa shape index (κ2) is 5.54. The minimum Gasteiger partial charge on any atom is -0.497 e. The lowest BCUT2D eigenvalue weighted by molar-refractivity contribution is 0.0139. The molecule has 2 heteroatoms. The molecule has 106 valence electrons. The first kappa shape index (κ1) is 14.4. The van der Waals surface area contributed by atoms with E-state index in [0.29, 0.717) is 10.8 Å². The van der Waals surface area contributed by atoms with Crippen molar-refractivity contribution in [2.24, 2.45) is 5.41 Å². The molecule has 0 heterocycles. The molecule has 1 aliphatic rings. The van der Waals surface area contributed by atoms with Gasteiger partial charge < -0.3 is 10.1 Å². The standard InChI is InChI=1S/C17H27NO/c1-5-16(6-2)11-17(12-16,13-18-3)14-8-7-9-15(10-14)19-4/h7-10,18H,5-6,11-13H2,1-4H3. The third-order valence-corrected chi connectivity index (χ3v) is 5.12. The van der Waals surface area contributed by atoms with E-state index in [9.17, 15) is 0 Å². The zero-order valence-corrected chi connectivity index (χ0v) is 12.8. The molecular weight excluding hydrogens is 234 g/mol. The lowest BCUT2D eigenvalue weighted by Crippen LogP contribution is -2.54. The highest BCUT2D eigenvalue weighted by molar-refractivity contribution is 5.37. The van der Waals surface area contributed by atoms with Crippen LogP contribution in [0.15, 0.2) is 24.3 Å². The molecule has 0 spiro atoms. The highest BCUT2D eigenvalue weighted by Crippen LogP contribution is 2.59. The molecule has 1 aliphatic carbocycles. The third kappa shape index (κ3) is 2.51. The summed E-state index contributed by atoms with van der Waals surface area (Å²) >= 11 is 0. The van der Waals surface area contributed by atoms with E-state index in [1.807, 2.05) is 6.07 Å². The first-order chi connectivity index (χ1) is 9.13. The van der Waals surface area contributed by atoms with E-state index in [-0.39, 0.29) is 0 Å². The number of hydrogen-bond donors (Lipinski definition) is 1. The molecular formula is C17H27NO. The van der Waals surface area contributed by atoms with Crippen molar-refractivity contribution < 1.29 is 4.74 Å². The van der Waals surface area contributed by atoms with E-state index in [2.05, 4.69) is 44.4 Å². The Morgan fingerprint density at radius 3 is 2.42 bits per heavy atom. The highest BCUT2D eigenvalue weighted by atomic mass is 16.5. The van der Waals surface area contributed by atoms with Gasteiger partial charge in [-0.2, -0.15) is 0 Å². The van der Waals surface area contributed by atoms with Crippen LogP contribution in [-0.2, 0) is 5.41 Å². The molecule has 2 nitrogen and oxygen atoms in total. The Morgan fingerprint density at radius 1 is 1.21 bits per heavy atom. The summed E-state index contributed by atoms with van der Waals surface area (Å²) in [6, 6.07) is 8.62.